The lowest BCUT2D eigenvalue weighted by molar-refractivity contribution is 0.410. The molecule has 0 aromatic heterocycles. The van der Waals surface area contributed by atoms with Crippen molar-refractivity contribution in [2.75, 3.05) is 7.11 Å². The summed E-state index contributed by atoms with van der Waals surface area (Å²) in [5.41, 5.74) is 3.42. The molecule has 0 aliphatic carbocycles. The van der Waals surface area contributed by atoms with Gasteiger partial charge >= 0.3 is 0 Å². The average Bonchev–Trinajstić information content (AvgIpc) is 2.46. The van der Waals surface area contributed by atoms with E-state index in [1.165, 1.54) is 5.56 Å². The number of hydrogen-bond acceptors (Lipinski definition) is 1. The van der Waals surface area contributed by atoms with Crippen LogP contribution in [0.15, 0.2) is 48.5 Å². The van der Waals surface area contributed by atoms with E-state index in [4.69, 9.17) is 16.3 Å². The first-order valence-electron chi connectivity index (χ1n) is 6.12. The number of aryl methyl sites for hydroxylation is 1. The predicted molar refractivity (Wildman–Crippen MR) is 76.5 cm³/mol. The molecule has 0 spiro atoms. The average molecular weight is 261 g/mol. The van der Waals surface area contributed by atoms with E-state index in [1.54, 1.807) is 7.11 Å². The second kappa shape index (κ2) is 5.92. The molecule has 0 fully saturated rings. The molecule has 0 amide bonds. The molecule has 0 bridgehead atoms. The number of para-hydroxylation sites is 1. The van der Waals surface area contributed by atoms with Gasteiger partial charge in [-0.2, -0.15) is 0 Å². The summed E-state index contributed by atoms with van der Waals surface area (Å²) in [7, 11) is 1.67. The second-order valence-corrected chi connectivity index (χ2v) is 4.64. The number of alkyl halides is 1. The van der Waals surface area contributed by atoms with Gasteiger partial charge in [0, 0.05) is 5.56 Å². The van der Waals surface area contributed by atoms with Gasteiger partial charge in [0.15, 0.2) is 0 Å². The molecular weight excluding hydrogens is 244 g/mol. The Hall–Kier alpha value is -1.47. The lowest BCUT2D eigenvalue weighted by Crippen LogP contribution is -1.97. The molecule has 0 radical (unpaired) electrons. The fraction of sp³-hybridized carbons (Fsp3) is 0.250. The minimum Gasteiger partial charge on any atom is -0.496 e. The first-order valence-corrected chi connectivity index (χ1v) is 6.55. The molecule has 0 saturated carbocycles. The van der Waals surface area contributed by atoms with Crippen molar-refractivity contribution in [2.24, 2.45) is 0 Å². The maximum absolute atomic E-state index is 6.53. The first-order chi connectivity index (χ1) is 8.76. The second-order valence-electron chi connectivity index (χ2n) is 4.20. The smallest absolute Gasteiger partial charge is 0.123 e. The van der Waals surface area contributed by atoms with Gasteiger partial charge in [-0.15, -0.1) is 11.6 Å². The van der Waals surface area contributed by atoms with E-state index < -0.39 is 0 Å². The molecular formula is C16H17ClO. The minimum absolute atomic E-state index is 0.174. The van der Waals surface area contributed by atoms with E-state index >= 15 is 0 Å². The molecule has 2 heteroatoms. The Bertz CT molecular complexity index is 505. The van der Waals surface area contributed by atoms with Crippen molar-refractivity contribution in [2.45, 2.75) is 18.7 Å². The summed E-state index contributed by atoms with van der Waals surface area (Å²) in [6.07, 6.45) is 1.04. The normalized spacial score (nSPS) is 12.2. The maximum Gasteiger partial charge on any atom is 0.123 e. The molecule has 0 N–H and O–H groups in total. The first kappa shape index (κ1) is 13.0. The molecule has 0 saturated heterocycles. The number of rotatable bonds is 4. The van der Waals surface area contributed by atoms with Gasteiger partial charge in [0.25, 0.3) is 0 Å². The fourth-order valence-electron chi connectivity index (χ4n) is 1.98. The SMILES string of the molecule is CCc1ccc(C(Cl)c2ccccc2OC)cc1. The molecule has 2 aromatic carbocycles. The summed E-state index contributed by atoms with van der Waals surface area (Å²) >= 11 is 6.53. The van der Waals surface area contributed by atoms with Crippen molar-refractivity contribution in [1.29, 1.82) is 0 Å². The van der Waals surface area contributed by atoms with Crippen molar-refractivity contribution in [1.82, 2.24) is 0 Å². The number of methoxy groups -OCH3 is 1. The molecule has 1 nitrogen and oxygen atoms in total. The molecule has 18 heavy (non-hydrogen) atoms. The number of benzene rings is 2. The van der Waals surface area contributed by atoms with Gasteiger partial charge in [-0.25, -0.2) is 0 Å². The van der Waals surface area contributed by atoms with E-state index in [-0.39, 0.29) is 5.38 Å². The standard InChI is InChI=1S/C16H17ClO/c1-3-12-8-10-13(11-9-12)16(17)14-6-4-5-7-15(14)18-2/h4-11,16H,3H2,1-2H3. The van der Waals surface area contributed by atoms with Crippen LogP contribution < -0.4 is 4.74 Å². The Kier molecular flexibility index (Phi) is 4.27. The highest BCUT2D eigenvalue weighted by Gasteiger charge is 2.14. The summed E-state index contributed by atoms with van der Waals surface area (Å²) in [6.45, 7) is 2.15. The van der Waals surface area contributed by atoms with Crippen molar-refractivity contribution in [3.8, 4) is 5.75 Å². The third kappa shape index (κ3) is 2.68. The Morgan fingerprint density at radius 3 is 2.33 bits per heavy atom. The monoisotopic (exact) mass is 260 g/mol. The summed E-state index contributed by atoms with van der Waals surface area (Å²) in [5.74, 6) is 0.831. The van der Waals surface area contributed by atoms with Gasteiger partial charge in [-0.05, 0) is 23.6 Å². The third-order valence-electron chi connectivity index (χ3n) is 3.09. The number of ether oxygens (including phenoxy) is 1. The topological polar surface area (TPSA) is 9.23 Å². The molecule has 0 heterocycles. The number of hydrogen-bond donors (Lipinski definition) is 0. The van der Waals surface area contributed by atoms with Crippen LogP contribution in [-0.2, 0) is 6.42 Å². The van der Waals surface area contributed by atoms with Crippen molar-refractivity contribution in [3.63, 3.8) is 0 Å². The molecule has 94 valence electrons. The largest absolute Gasteiger partial charge is 0.496 e. The Morgan fingerprint density at radius 2 is 1.72 bits per heavy atom. The molecule has 2 aromatic rings. The van der Waals surface area contributed by atoms with E-state index in [1.807, 2.05) is 24.3 Å². The van der Waals surface area contributed by atoms with Crippen LogP contribution in [0, 0.1) is 0 Å². The van der Waals surface area contributed by atoms with Gasteiger partial charge in [-0.3, -0.25) is 0 Å². The van der Waals surface area contributed by atoms with E-state index in [2.05, 4.69) is 31.2 Å². The van der Waals surface area contributed by atoms with Crippen LogP contribution in [0.4, 0.5) is 0 Å². The molecule has 1 unspecified atom stereocenters. The van der Waals surface area contributed by atoms with Crippen molar-refractivity contribution >= 4 is 11.6 Å². The predicted octanol–water partition coefficient (Wildman–Crippen LogP) is 4.59. The Balaban J connectivity index is 2.31. The van der Waals surface area contributed by atoms with Crippen LogP contribution in [-0.4, -0.2) is 7.11 Å². The Labute approximate surface area is 113 Å². The Morgan fingerprint density at radius 1 is 1.06 bits per heavy atom. The van der Waals surface area contributed by atoms with Crippen LogP contribution in [0.2, 0.25) is 0 Å². The maximum atomic E-state index is 6.53. The lowest BCUT2D eigenvalue weighted by atomic mass is 10.0. The zero-order valence-corrected chi connectivity index (χ0v) is 11.4. The number of halogens is 1. The fourth-order valence-corrected chi connectivity index (χ4v) is 2.30. The summed E-state index contributed by atoms with van der Waals surface area (Å²) < 4.78 is 5.35. The van der Waals surface area contributed by atoms with Gasteiger partial charge in [0.05, 0.1) is 12.5 Å². The highest BCUT2D eigenvalue weighted by Crippen LogP contribution is 2.34. The van der Waals surface area contributed by atoms with Crippen LogP contribution >= 0.6 is 11.6 Å². The zero-order valence-electron chi connectivity index (χ0n) is 10.7. The van der Waals surface area contributed by atoms with Crippen LogP contribution in [0.25, 0.3) is 0 Å². The van der Waals surface area contributed by atoms with E-state index in [0.29, 0.717) is 0 Å². The lowest BCUT2D eigenvalue weighted by Gasteiger charge is -2.14. The van der Waals surface area contributed by atoms with Crippen LogP contribution in [0.1, 0.15) is 29.0 Å². The van der Waals surface area contributed by atoms with Gasteiger partial charge in [0.2, 0.25) is 0 Å². The van der Waals surface area contributed by atoms with Crippen LogP contribution in [0.5, 0.6) is 5.75 Å². The van der Waals surface area contributed by atoms with Gasteiger partial charge in [-0.1, -0.05) is 49.4 Å². The summed E-state index contributed by atoms with van der Waals surface area (Å²) in [5, 5.41) is -0.174. The van der Waals surface area contributed by atoms with Crippen molar-refractivity contribution < 1.29 is 4.74 Å². The highest BCUT2D eigenvalue weighted by atomic mass is 35.5. The van der Waals surface area contributed by atoms with Gasteiger partial charge in [0.1, 0.15) is 5.75 Å². The zero-order chi connectivity index (χ0) is 13.0. The van der Waals surface area contributed by atoms with E-state index in [0.717, 1.165) is 23.3 Å². The quantitative estimate of drug-likeness (QED) is 0.731. The summed E-state index contributed by atoms with van der Waals surface area (Å²) in [4.78, 5) is 0. The van der Waals surface area contributed by atoms with Gasteiger partial charge < -0.3 is 4.74 Å². The molecule has 2 rings (SSSR count). The molecule has 0 aliphatic heterocycles. The van der Waals surface area contributed by atoms with Crippen LogP contribution in [0.3, 0.4) is 0 Å². The molecule has 1 atom stereocenters. The highest BCUT2D eigenvalue weighted by molar-refractivity contribution is 6.22. The van der Waals surface area contributed by atoms with E-state index in [9.17, 15) is 0 Å². The van der Waals surface area contributed by atoms with Crippen molar-refractivity contribution in [3.05, 3.63) is 65.2 Å². The third-order valence-corrected chi connectivity index (χ3v) is 3.58. The molecule has 0 aliphatic rings. The minimum atomic E-state index is -0.174. The summed E-state index contributed by atoms with van der Waals surface area (Å²) in [6, 6.07) is 16.3.